The number of hydrogen-bond donors (Lipinski definition) is 3. The van der Waals surface area contributed by atoms with Crippen LogP contribution in [0.2, 0.25) is 0 Å². The number of aliphatic hydroxyl groups is 1. The fourth-order valence-electron chi connectivity index (χ4n) is 3.12. The van der Waals surface area contributed by atoms with Gasteiger partial charge >= 0.3 is 0 Å². The maximum Gasteiger partial charge on any atom is 0.220 e. The monoisotopic (exact) mass is 254 g/mol. The van der Waals surface area contributed by atoms with E-state index in [2.05, 4.69) is 10.6 Å². The highest BCUT2D eigenvalue weighted by Crippen LogP contribution is 2.27. The van der Waals surface area contributed by atoms with Crippen molar-refractivity contribution < 1.29 is 9.90 Å². The zero-order valence-corrected chi connectivity index (χ0v) is 11.2. The third-order valence-electron chi connectivity index (χ3n) is 4.27. The van der Waals surface area contributed by atoms with Crippen LogP contribution in [-0.4, -0.2) is 36.2 Å². The smallest absolute Gasteiger partial charge is 0.220 e. The number of rotatable bonds is 5. The fourth-order valence-corrected chi connectivity index (χ4v) is 3.12. The van der Waals surface area contributed by atoms with Crippen molar-refractivity contribution in [2.45, 2.75) is 63.5 Å². The number of hydrogen-bond acceptors (Lipinski definition) is 3. The van der Waals surface area contributed by atoms with E-state index in [1.807, 2.05) is 0 Å². The molecule has 1 heterocycles. The van der Waals surface area contributed by atoms with Gasteiger partial charge in [0.05, 0.1) is 12.1 Å². The molecule has 1 amide bonds. The summed E-state index contributed by atoms with van der Waals surface area (Å²) in [5, 5.41) is 15.6. The molecular formula is C14H26N2O2. The molecule has 4 nitrogen and oxygen atoms in total. The third kappa shape index (κ3) is 4.25. The van der Waals surface area contributed by atoms with Gasteiger partial charge in [0.15, 0.2) is 0 Å². The Kier molecular flexibility index (Phi) is 5.45. The van der Waals surface area contributed by atoms with Crippen molar-refractivity contribution in [3.05, 3.63) is 0 Å². The first-order valence-electron chi connectivity index (χ1n) is 7.44. The van der Waals surface area contributed by atoms with Gasteiger partial charge in [-0.3, -0.25) is 4.79 Å². The van der Waals surface area contributed by atoms with Gasteiger partial charge in [-0.05, 0) is 18.8 Å². The van der Waals surface area contributed by atoms with Crippen LogP contribution in [0.3, 0.4) is 0 Å². The Labute approximate surface area is 110 Å². The van der Waals surface area contributed by atoms with E-state index in [0.29, 0.717) is 19.5 Å². The Morgan fingerprint density at radius 1 is 1.22 bits per heavy atom. The molecule has 1 aliphatic heterocycles. The molecule has 1 saturated heterocycles. The minimum absolute atomic E-state index is 0.0906. The molecule has 3 N–H and O–H groups in total. The highest BCUT2D eigenvalue weighted by molar-refractivity contribution is 5.76. The average molecular weight is 254 g/mol. The summed E-state index contributed by atoms with van der Waals surface area (Å²) in [6.45, 7) is 1.28. The average Bonchev–Trinajstić information content (AvgIpc) is 2.76. The van der Waals surface area contributed by atoms with Crippen LogP contribution in [-0.2, 0) is 4.79 Å². The second kappa shape index (κ2) is 7.10. The predicted octanol–water partition coefficient (Wildman–Crippen LogP) is 1.19. The zero-order valence-electron chi connectivity index (χ0n) is 11.2. The van der Waals surface area contributed by atoms with Crippen LogP contribution in [0.25, 0.3) is 0 Å². The first-order chi connectivity index (χ1) is 8.75. The van der Waals surface area contributed by atoms with Crippen molar-refractivity contribution in [1.29, 1.82) is 0 Å². The van der Waals surface area contributed by atoms with Crippen molar-refractivity contribution >= 4 is 5.91 Å². The SMILES string of the molecule is O=C(CCCC1CCCCC1)N[C@@H]1CNC[C@H]1O. The van der Waals surface area contributed by atoms with Gasteiger partial charge in [-0.25, -0.2) is 0 Å². The molecule has 0 bridgehead atoms. The Hall–Kier alpha value is -0.610. The summed E-state index contributed by atoms with van der Waals surface area (Å²) in [4.78, 5) is 11.7. The maximum absolute atomic E-state index is 11.7. The summed E-state index contributed by atoms with van der Waals surface area (Å²) < 4.78 is 0. The molecule has 1 aliphatic carbocycles. The van der Waals surface area contributed by atoms with Crippen LogP contribution in [0, 0.1) is 5.92 Å². The van der Waals surface area contributed by atoms with Gasteiger partial charge in [0.2, 0.25) is 5.91 Å². The Morgan fingerprint density at radius 3 is 2.67 bits per heavy atom. The number of aliphatic hydroxyl groups excluding tert-OH is 1. The fraction of sp³-hybridized carbons (Fsp3) is 0.929. The Bertz CT molecular complexity index is 265. The molecule has 0 aromatic heterocycles. The number of carbonyl (C=O) groups excluding carboxylic acids is 1. The van der Waals surface area contributed by atoms with Crippen molar-refractivity contribution in [3.8, 4) is 0 Å². The molecule has 1 saturated carbocycles. The van der Waals surface area contributed by atoms with Crippen molar-refractivity contribution in [1.82, 2.24) is 10.6 Å². The molecule has 0 aromatic rings. The van der Waals surface area contributed by atoms with E-state index in [1.54, 1.807) is 0 Å². The van der Waals surface area contributed by atoms with E-state index >= 15 is 0 Å². The van der Waals surface area contributed by atoms with Crippen molar-refractivity contribution in [2.24, 2.45) is 5.92 Å². The molecule has 2 atom stereocenters. The molecule has 0 spiro atoms. The summed E-state index contributed by atoms with van der Waals surface area (Å²) in [6, 6.07) is -0.0906. The normalized spacial score (nSPS) is 29.4. The summed E-state index contributed by atoms with van der Waals surface area (Å²) in [7, 11) is 0. The topological polar surface area (TPSA) is 61.4 Å². The van der Waals surface area contributed by atoms with Crippen molar-refractivity contribution in [2.75, 3.05) is 13.1 Å². The molecular weight excluding hydrogens is 228 g/mol. The van der Waals surface area contributed by atoms with Gasteiger partial charge in [0.1, 0.15) is 0 Å². The Morgan fingerprint density at radius 2 is 2.00 bits per heavy atom. The van der Waals surface area contributed by atoms with Gasteiger partial charge in [-0.1, -0.05) is 32.1 Å². The molecule has 2 rings (SSSR count). The molecule has 2 fully saturated rings. The lowest BCUT2D eigenvalue weighted by atomic mass is 9.86. The van der Waals surface area contributed by atoms with Crippen LogP contribution >= 0.6 is 0 Å². The number of nitrogens with one attached hydrogen (secondary N) is 2. The van der Waals surface area contributed by atoms with E-state index in [1.165, 1.54) is 38.5 Å². The van der Waals surface area contributed by atoms with E-state index in [4.69, 9.17) is 0 Å². The largest absolute Gasteiger partial charge is 0.390 e. The minimum atomic E-state index is -0.424. The third-order valence-corrected chi connectivity index (χ3v) is 4.27. The van der Waals surface area contributed by atoms with Gasteiger partial charge in [-0.15, -0.1) is 0 Å². The highest BCUT2D eigenvalue weighted by Gasteiger charge is 2.26. The molecule has 104 valence electrons. The van der Waals surface area contributed by atoms with Crippen molar-refractivity contribution in [3.63, 3.8) is 0 Å². The van der Waals surface area contributed by atoms with Gasteiger partial charge < -0.3 is 15.7 Å². The molecule has 0 radical (unpaired) electrons. The van der Waals surface area contributed by atoms with Crippen LogP contribution in [0.4, 0.5) is 0 Å². The standard InChI is InChI=1S/C14H26N2O2/c17-13-10-15-9-12(13)16-14(18)8-4-7-11-5-2-1-3-6-11/h11-13,15,17H,1-10H2,(H,16,18)/t12-,13-/m1/s1. The van der Waals surface area contributed by atoms with Crippen LogP contribution < -0.4 is 10.6 Å². The molecule has 4 heteroatoms. The summed E-state index contributed by atoms with van der Waals surface area (Å²) in [6.07, 6.45) is 9.22. The van der Waals surface area contributed by atoms with Crippen LogP contribution in [0.1, 0.15) is 51.4 Å². The van der Waals surface area contributed by atoms with E-state index in [0.717, 1.165) is 12.3 Å². The lowest BCUT2D eigenvalue weighted by Gasteiger charge is -2.21. The minimum Gasteiger partial charge on any atom is -0.390 e. The Balaban J connectivity index is 1.56. The van der Waals surface area contributed by atoms with Gasteiger partial charge in [0.25, 0.3) is 0 Å². The van der Waals surface area contributed by atoms with Gasteiger partial charge in [-0.2, -0.15) is 0 Å². The molecule has 0 aromatic carbocycles. The summed E-state index contributed by atoms with van der Waals surface area (Å²) in [5.41, 5.74) is 0. The molecule has 2 aliphatic rings. The number of amides is 1. The predicted molar refractivity (Wildman–Crippen MR) is 71.2 cm³/mol. The van der Waals surface area contributed by atoms with Gasteiger partial charge in [0, 0.05) is 19.5 Å². The number of carbonyl (C=O) groups is 1. The summed E-state index contributed by atoms with van der Waals surface area (Å²) in [5.74, 6) is 0.948. The highest BCUT2D eigenvalue weighted by atomic mass is 16.3. The molecule has 0 unspecified atom stereocenters. The molecule has 18 heavy (non-hydrogen) atoms. The summed E-state index contributed by atoms with van der Waals surface area (Å²) >= 11 is 0. The van der Waals surface area contributed by atoms with E-state index in [9.17, 15) is 9.90 Å². The van der Waals surface area contributed by atoms with Crippen LogP contribution in [0.15, 0.2) is 0 Å². The lowest BCUT2D eigenvalue weighted by Crippen LogP contribution is -2.42. The van der Waals surface area contributed by atoms with E-state index < -0.39 is 6.10 Å². The maximum atomic E-state index is 11.7. The zero-order chi connectivity index (χ0) is 12.8. The first-order valence-corrected chi connectivity index (χ1v) is 7.44. The quantitative estimate of drug-likeness (QED) is 0.690. The van der Waals surface area contributed by atoms with E-state index in [-0.39, 0.29) is 11.9 Å². The second-order valence-corrected chi connectivity index (χ2v) is 5.80. The lowest BCUT2D eigenvalue weighted by molar-refractivity contribution is -0.122. The first kappa shape index (κ1) is 13.8. The van der Waals surface area contributed by atoms with Crippen LogP contribution in [0.5, 0.6) is 0 Å². The second-order valence-electron chi connectivity index (χ2n) is 5.80. The number of β-amino-alcohol motifs (C(OH)–C–C–N with tert-alkyl or cyclic N) is 1.